The molecule has 1 aliphatic heterocycles. The van der Waals surface area contributed by atoms with Gasteiger partial charge in [-0.1, -0.05) is 35.9 Å². The smallest absolute Gasteiger partial charge is 0.292 e. The summed E-state index contributed by atoms with van der Waals surface area (Å²) in [6.45, 7) is 1.00. The molecule has 1 aromatic heterocycles. The number of hydrogen-bond donors (Lipinski definition) is 0. The molecule has 0 aliphatic carbocycles. The average Bonchev–Trinajstić information content (AvgIpc) is 2.76. The number of piperazine rings is 1. The first-order valence-corrected chi connectivity index (χ1v) is 11.0. The van der Waals surface area contributed by atoms with Gasteiger partial charge in [0.25, 0.3) is 5.56 Å². The van der Waals surface area contributed by atoms with E-state index in [9.17, 15) is 17.6 Å². The van der Waals surface area contributed by atoms with Crippen LogP contribution in [0.5, 0.6) is 0 Å². The Hall–Kier alpha value is -2.75. The molecule has 1 fully saturated rings. The Kier molecular flexibility index (Phi) is 5.59. The average molecular weight is 449 g/mol. The van der Waals surface area contributed by atoms with Gasteiger partial charge in [0.05, 0.1) is 22.5 Å². The van der Waals surface area contributed by atoms with Gasteiger partial charge in [-0.15, -0.1) is 0 Å². The SMILES string of the molecule is O=c1c(Cl)c(N2CCN(S(=O)(=O)c3cccc(F)c3)CC2)cnn1-c1ccccc1. The highest BCUT2D eigenvalue weighted by Crippen LogP contribution is 2.25. The molecule has 0 unspecified atom stereocenters. The third-order valence-corrected chi connectivity index (χ3v) is 7.16. The molecule has 7 nitrogen and oxygen atoms in total. The molecule has 0 radical (unpaired) electrons. The normalized spacial score (nSPS) is 15.3. The molecule has 1 saturated heterocycles. The molecule has 2 heterocycles. The maximum Gasteiger partial charge on any atom is 0.292 e. The van der Waals surface area contributed by atoms with Gasteiger partial charge in [0.1, 0.15) is 10.8 Å². The lowest BCUT2D eigenvalue weighted by Crippen LogP contribution is -2.49. The summed E-state index contributed by atoms with van der Waals surface area (Å²) in [7, 11) is -3.80. The van der Waals surface area contributed by atoms with E-state index in [1.54, 1.807) is 24.3 Å². The number of hydrogen-bond acceptors (Lipinski definition) is 5. The van der Waals surface area contributed by atoms with Gasteiger partial charge in [-0.25, -0.2) is 12.8 Å². The standard InChI is InChI=1S/C20H18ClFN4O3S/c21-19-18(14-23-26(20(19)27)16-6-2-1-3-7-16)24-9-11-25(12-10-24)30(28,29)17-8-4-5-15(22)13-17/h1-8,13-14H,9-12H2. The lowest BCUT2D eigenvalue weighted by atomic mass is 10.3. The van der Waals surface area contributed by atoms with Crippen LogP contribution in [0.4, 0.5) is 10.1 Å². The first kappa shape index (κ1) is 20.5. The predicted octanol–water partition coefficient (Wildman–Crippen LogP) is 2.54. The van der Waals surface area contributed by atoms with Crippen LogP contribution in [0.3, 0.4) is 0 Å². The van der Waals surface area contributed by atoms with Crippen LogP contribution in [0.2, 0.25) is 5.02 Å². The Bertz CT molecular complexity index is 1230. The van der Waals surface area contributed by atoms with E-state index in [0.717, 1.165) is 6.07 Å². The summed E-state index contributed by atoms with van der Waals surface area (Å²) in [5, 5.41) is 4.24. The van der Waals surface area contributed by atoms with Gasteiger partial charge >= 0.3 is 0 Å². The fourth-order valence-electron chi connectivity index (χ4n) is 3.34. The van der Waals surface area contributed by atoms with E-state index in [-0.39, 0.29) is 23.0 Å². The molecule has 0 N–H and O–H groups in total. The first-order chi connectivity index (χ1) is 14.4. The van der Waals surface area contributed by atoms with Crippen molar-refractivity contribution in [2.45, 2.75) is 4.90 Å². The number of rotatable bonds is 4. The van der Waals surface area contributed by atoms with Crippen molar-refractivity contribution < 1.29 is 12.8 Å². The summed E-state index contributed by atoms with van der Waals surface area (Å²) in [4.78, 5) is 14.4. The zero-order valence-corrected chi connectivity index (χ0v) is 17.4. The van der Waals surface area contributed by atoms with Crippen molar-refractivity contribution in [3.63, 3.8) is 0 Å². The minimum absolute atomic E-state index is 0.0234. The van der Waals surface area contributed by atoms with Crippen molar-refractivity contribution in [2.24, 2.45) is 0 Å². The minimum Gasteiger partial charge on any atom is -0.366 e. The van der Waals surface area contributed by atoms with E-state index in [4.69, 9.17) is 11.6 Å². The van der Waals surface area contributed by atoms with Crippen LogP contribution in [0.1, 0.15) is 0 Å². The zero-order chi connectivity index (χ0) is 21.3. The third-order valence-electron chi connectivity index (χ3n) is 4.91. The van der Waals surface area contributed by atoms with Gasteiger partial charge in [0.15, 0.2) is 0 Å². The summed E-state index contributed by atoms with van der Waals surface area (Å²) < 4.78 is 41.5. The molecule has 0 spiro atoms. The van der Waals surface area contributed by atoms with Crippen LogP contribution in [-0.2, 0) is 10.0 Å². The highest BCUT2D eigenvalue weighted by molar-refractivity contribution is 7.89. The van der Waals surface area contributed by atoms with Gasteiger partial charge in [0.2, 0.25) is 10.0 Å². The van der Waals surface area contributed by atoms with E-state index < -0.39 is 21.4 Å². The molecule has 30 heavy (non-hydrogen) atoms. The van der Waals surface area contributed by atoms with Gasteiger partial charge in [0, 0.05) is 26.2 Å². The number of aromatic nitrogens is 2. The highest BCUT2D eigenvalue weighted by atomic mass is 35.5. The van der Waals surface area contributed by atoms with Crippen molar-refractivity contribution in [1.82, 2.24) is 14.1 Å². The summed E-state index contributed by atoms with van der Waals surface area (Å²) in [6.07, 6.45) is 1.51. The van der Waals surface area contributed by atoms with Crippen LogP contribution in [0, 0.1) is 5.82 Å². The topological polar surface area (TPSA) is 75.5 Å². The monoisotopic (exact) mass is 448 g/mol. The van der Waals surface area contributed by atoms with Gasteiger partial charge < -0.3 is 4.90 Å². The Morgan fingerprint density at radius 2 is 1.67 bits per heavy atom. The molecule has 0 saturated carbocycles. The lowest BCUT2D eigenvalue weighted by molar-refractivity contribution is 0.384. The first-order valence-electron chi connectivity index (χ1n) is 9.22. The molecule has 0 amide bonds. The van der Waals surface area contributed by atoms with Gasteiger partial charge in [-0.3, -0.25) is 4.79 Å². The van der Waals surface area contributed by atoms with E-state index in [0.29, 0.717) is 24.5 Å². The molecule has 156 valence electrons. The highest BCUT2D eigenvalue weighted by Gasteiger charge is 2.30. The number of anilines is 1. The van der Waals surface area contributed by atoms with E-state index >= 15 is 0 Å². The van der Waals surface area contributed by atoms with Crippen LogP contribution in [0.25, 0.3) is 5.69 Å². The van der Waals surface area contributed by atoms with E-state index in [1.807, 2.05) is 11.0 Å². The van der Waals surface area contributed by atoms with Crippen LogP contribution >= 0.6 is 11.6 Å². The number of benzene rings is 2. The minimum atomic E-state index is -3.80. The van der Waals surface area contributed by atoms with Crippen molar-refractivity contribution in [3.05, 3.63) is 82.0 Å². The number of sulfonamides is 1. The van der Waals surface area contributed by atoms with Crippen molar-refractivity contribution in [2.75, 3.05) is 31.1 Å². The summed E-state index contributed by atoms with van der Waals surface area (Å²) in [6, 6.07) is 13.9. The second-order valence-corrected chi connectivity index (χ2v) is 9.06. The fourth-order valence-corrected chi connectivity index (χ4v) is 5.05. The Morgan fingerprint density at radius 1 is 0.967 bits per heavy atom. The molecule has 4 rings (SSSR count). The van der Waals surface area contributed by atoms with Crippen molar-refractivity contribution >= 4 is 27.3 Å². The quantitative estimate of drug-likeness (QED) is 0.613. The second kappa shape index (κ2) is 8.17. The molecule has 2 aromatic carbocycles. The third kappa shape index (κ3) is 3.83. The molecule has 0 atom stereocenters. The van der Waals surface area contributed by atoms with E-state index in [1.165, 1.54) is 33.4 Å². The Balaban J connectivity index is 1.53. The van der Waals surface area contributed by atoms with Crippen molar-refractivity contribution in [1.29, 1.82) is 0 Å². The largest absolute Gasteiger partial charge is 0.366 e. The number of halogens is 2. The lowest BCUT2D eigenvalue weighted by Gasteiger charge is -2.35. The number of nitrogens with zero attached hydrogens (tertiary/aromatic N) is 4. The second-order valence-electron chi connectivity index (χ2n) is 6.74. The number of para-hydroxylation sites is 1. The van der Waals surface area contributed by atoms with Crippen LogP contribution in [0.15, 0.2) is 70.5 Å². The maximum absolute atomic E-state index is 13.4. The molecular weight excluding hydrogens is 431 g/mol. The van der Waals surface area contributed by atoms with Gasteiger partial charge in [-0.05, 0) is 30.3 Å². The fraction of sp³-hybridized carbons (Fsp3) is 0.200. The molecule has 1 aliphatic rings. The molecule has 10 heteroatoms. The summed E-state index contributed by atoms with van der Waals surface area (Å²) in [5.41, 5.74) is 0.605. The Labute approximate surface area is 178 Å². The van der Waals surface area contributed by atoms with Crippen LogP contribution < -0.4 is 10.5 Å². The van der Waals surface area contributed by atoms with Crippen LogP contribution in [-0.4, -0.2) is 48.7 Å². The summed E-state index contributed by atoms with van der Waals surface area (Å²) >= 11 is 6.33. The molecule has 0 bridgehead atoms. The Morgan fingerprint density at radius 3 is 2.33 bits per heavy atom. The molecule has 3 aromatic rings. The maximum atomic E-state index is 13.4. The zero-order valence-electron chi connectivity index (χ0n) is 15.8. The summed E-state index contributed by atoms with van der Waals surface area (Å²) in [5.74, 6) is -0.605. The van der Waals surface area contributed by atoms with Crippen molar-refractivity contribution in [3.8, 4) is 5.69 Å². The molecular formula is C20H18ClFN4O3S. The predicted molar refractivity (Wildman–Crippen MR) is 112 cm³/mol. The van der Waals surface area contributed by atoms with E-state index in [2.05, 4.69) is 5.10 Å². The van der Waals surface area contributed by atoms with Gasteiger partial charge in [-0.2, -0.15) is 14.1 Å².